The molecule has 7 nitrogen and oxygen atoms in total. The van der Waals surface area contributed by atoms with E-state index in [4.69, 9.17) is 9.52 Å². The van der Waals surface area contributed by atoms with Crippen molar-refractivity contribution in [2.45, 2.75) is 24.2 Å². The maximum absolute atomic E-state index is 12.9. The summed E-state index contributed by atoms with van der Waals surface area (Å²) in [6.45, 7) is 0.934. The molecule has 4 rings (SSSR count). The first kappa shape index (κ1) is 17.7. The lowest BCUT2D eigenvalue weighted by Gasteiger charge is -2.25. The van der Waals surface area contributed by atoms with Crippen molar-refractivity contribution >= 4 is 37.9 Å². The molecule has 1 saturated heterocycles. The van der Waals surface area contributed by atoms with Gasteiger partial charge >= 0.3 is 5.97 Å². The van der Waals surface area contributed by atoms with Crippen LogP contribution >= 0.6 is 0 Å². The van der Waals surface area contributed by atoms with Gasteiger partial charge in [-0.25, -0.2) is 13.2 Å². The minimum Gasteiger partial charge on any atom is -0.478 e. The van der Waals surface area contributed by atoms with E-state index >= 15 is 0 Å². The molecule has 0 bridgehead atoms. The molecule has 1 aliphatic rings. The monoisotopic (exact) mass is 387 g/mol. The zero-order valence-electron chi connectivity index (χ0n) is 14.3. The molecule has 0 spiro atoms. The van der Waals surface area contributed by atoms with Crippen molar-refractivity contribution < 1.29 is 22.7 Å². The number of nitrogens with zero attached hydrogens (tertiary/aromatic N) is 1. The number of aromatic carboxylic acids is 1. The molecule has 0 radical (unpaired) electrons. The second kappa shape index (κ2) is 6.47. The van der Waals surface area contributed by atoms with Gasteiger partial charge in [0, 0.05) is 13.1 Å². The molecule has 0 amide bonds. The summed E-state index contributed by atoms with van der Waals surface area (Å²) >= 11 is 0. The third-order valence-corrected chi connectivity index (χ3v) is 6.73. The van der Waals surface area contributed by atoms with E-state index in [0.717, 1.165) is 19.3 Å². The summed E-state index contributed by atoms with van der Waals surface area (Å²) in [6.07, 6.45) is 2.64. The van der Waals surface area contributed by atoms with Crippen molar-refractivity contribution in [3.63, 3.8) is 0 Å². The zero-order chi connectivity index (χ0) is 19.2. The summed E-state index contributed by atoms with van der Waals surface area (Å²) in [7, 11) is -3.69. The number of fused-ring (bicyclic) bond motifs is 2. The molecule has 0 aliphatic carbocycles. The third-order valence-electron chi connectivity index (χ3n) is 4.84. The van der Waals surface area contributed by atoms with Crippen molar-refractivity contribution in [2.75, 3.05) is 13.1 Å². The van der Waals surface area contributed by atoms with Crippen LogP contribution in [0, 0.1) is 0 Å². The number of rotatable bonds is 3. The largest absolute Gasteiger partial charge is 0.478 e. The molecule has 0 atom stereocenters. The van der Waals surface area contributed by atoms with Crippen molar-refractivity contribution in [2.24, 2.45) is 0 Å². The predicted molar refractivity (Wildman–Crippen MR) is 99.6 cm³/mol. The van der Waals surface area contributed by atoms with Gasteiger partial charge in [0.05, 0.1) is 21.2 Å². The van der Waals surface area contributed by atoms with Crippen LogP contribution in [0.25, 0.3) is 21.9 Å². The number of benzene rings is 2. The maximum atomic E-state index is 12.9. The minimum atomic E-state index is -3.69. The Labute approximate surface area is 154 Å². The summed E-state index contributed by atoms with van der Waals surface area (Å²) in [4.78, 5) is 24.1. The molecule has 1 N–H and O–H groups in total. The second-order valence-electron chi connectivity index (χ2n) is 6.57. The Bertz CT molecular complexity index is 1220. The van der Waals surface area contributed by atoms with Gasteiger partial charge < -0.3 is 9.52 Å². The number of hydrogen-bond donors (Lipinski definition) is 1. The Kier molecular flexibility index (Phi) is 4.24. The highest BCUT2D eigenvalue weighted by molar-refractivity contribution is 7.89. The molecule has 0 saturated carbocycles. The van der Waals surface area contributed by atoms with E-state index in [0.29, 0.717) is 13.1 Å². The number of hydrogen-bond acceptors (Lipinski definition) is 5. The van der Waals surface area contributed by atoms with E-state index in [2.05, 4.69) is 0 Å². The summed E-state index contributed by atoms with van der Waals surface area (Å²) in [5.74, 6) is -1.15. The van der Waals surface area contributed by atoms with Gasteiger partial charge in [0.1, 0.15) is 11.2 Å². The molecule has 1 aromatic heterocycles. The lowest BCUT2D eigenvalue weighted by Crippen LogP contribution is -2.35. The molecule has 1 fully saturated rings. The Morgan fingerprint density at radius 3 is 2.26 bits per heavy atom. The maximum Gasteiger partial charge on any atom is 0.335 e. The van der Waals surface area contributed by atoms with E-state index in [1.54, 1.807) is 0 Å². The fourth-order valence-electron chi connectivity index (χ4n) is 3.38. The van der Waals surface area contributed by atoms with Crippen LogP contribution in [0.15, 0.2) is 50.5 Å². The molecule has 27 heavy (non-hydrogen) atoms. The lowest BCUT2D eigenvalue weighted by molar-refractivity contribution is 0.0697. The topological polar surface area (TPSA) is 105 Å². The van der Waals surface area contributed by atoms with Gasteiger partial charge in [0.2, 0.25) is 15.5 Å². The molecule has 3 aromatic rings. The Morgan fingerprint density at radius 2 is 1.59 bits per heavy atom. The SMILES string of the molecule is O=C(O)c1ccc2oc3ccc(S(=O)(=O)N4CCCCC4)cc3c(=O)c2c1. The molecule has 0 unspecified atom stereocenters. The Balaban J connectivity index is 1.90. The van der Waals surface area contributed by atoms with E-state index < -0.39 is 21.4 Å². The highest BCUT2D eigenvalue weighted by Crippen LogP contribution is 2.25. The van der Waals surface area contributed by atoms with Crippen molar-refractivity contribution in [1.29, 1.82) is 0 Å². The summed E-state index contributed by atoms with van der Waals surface area (Å²) in [6, 6.07) is 8.25. The van der Waals surface area contributed by atoms with Gasteiger partial charge in [-0.3, -0.25) is 4.79 Å². The lowest BCUT2D eigenvalue weighted by atomic mass is 10.1. The summed E-state index contributed by atoms with van der Waals surface area (Å²) in [5, 5.41) is 9.35. The fraction of sp³-hybridized carbons (Fsp3) is 0.263. The van der Waals surface area contributed by atoms with Gasteiger partial charge in [-0.15, -0.1) is 0 Å². The van der Waals surface area contributed by atoms with Gasteiger partial charge in [-0.1, -0.05) is 6.42 Å². The molecular weight excluding hydrogens is 370 g/mol. The molecule has 2 heterocycles. The first-order valence-corrected chi connectivity index (χ1v) is 10.1. The first-order valence-electron chi connectivity index (χ1n) is 8.62. The highest BCUT2D eigenvalue weighted by atomic mass is 32.2. The Hall–Kier alpha value is -2.71. The minimum absolute atomic E-state index is 0.0359. The van der Waals surface area contributed by atoms with Crippen LogP contribution in [0.2, 0.25) is 0 Å². The van der Waals surface area contributed by atoms with Crippen LogP contribution in [-0.4, -0.2) is 36.9 Å². The van der Waals surface area contributed by atoms with Gasteiger partial charge in [-0.2, -0.15) is 4.31 Å². The second-order valence-corrected chi connectivity index (χ2v) is 8.51. The average molecular weight is 387 g/mol. The smallest absolute Gasteiger partial charge is 0.335 e. The van der Waals surface area contributed by atoms with Gasteiger partial charge in [0.15, 0.2) is 0 Å². The van der Waals surface area contributed by atoms with Crippen LogP contribution in [-0.2, 0) is 10.0 Å². The van der Waals surface area contributed by atoms with Crippen LogP contribution < -0.4 is 5.43 Å². The molecular formula is C19H17NO6S. The van der Waals surface area contributed by atoms with E-state index in [9.17, 15) is 18.0 Å². The fourth-order valence-corrected chi connectivity index (χ4v) is 4.93. The summed E-state index contributed by atoms with van der Waals surface area (Å²) < 4.78 is 32.8. The van der Waals surface area contributed by atoms with Gasteiger partial charge in [0.25, 0.3) is 0 Å². The van der Waals surface area contributed by atoms with E-state index in [1.807, 2.05) is 0 Å². The number of carbonyl (C=O) groups is 1. The van der Waals surface area contributed by atoms with Crippen LogP contribution in [0.3, 0.4) is 0 Å². The van der Waals surface area contributed by atoms with Crippen LogP contribution in [0.4, 0.5) is 0 Å². The number of carboxylic acids is 1. The quantitative estimate of drug-likeness (QED) is 0.693. The Morgan fingerprint density at radius 1 is 0.963 bits per heavy atom. The van der Waals surface area contributed by atoms with Crippen molar-refractivity contribution in [1.82, 2.24) is 4.31 Å². The normalized spacial score (nSPS) is 16.0. The predicted octanol–water partition coefficient (Wildman–Crippen LogP) is 2.82. The number of carboxylic acid groups (broad SMARTS) is 1. The number of piperidine rings is 1. The zero-order valence-corrected chi connectivity index (χ0v) is 15.2. The third kappa shape index (κ3) is 3.00. The van der Waals surface area contributed by atoms with Crippen LogP contribution in [0.5, 0.6) is 0 Å². The van der Waals surface area contributed by atoms with Crippen molar-refractivity contribution in [3.05, 3.63) is 52.2 Å². The van der Waals surface area contributed by atoms with E-state index in [-0.39, 0.29) is 32.4 Å². The van der Waals surface area contributed by atoms with Gasteiger partial charge in [-0.05, 0) is 49.2 Å². The molecule has 2 aromatic carbocycles. The highest BCUT2D eigenvalue weighted by Gasteiger charge is 2.26. The first-order chi connectivity index (χ1) is 12.9. The van der Waals surface area contributed by atoms with E-state index in [1.165, 1.54) is 40.7 Å². The molecule has 8 heteroatoms. The molecule has 1 aliphatic heterocycles. The standard InChI is InChI=1S/C19H17NO6S/c21-18-14-10-12(19(22)23)4-6-16(14)26-17-7-5-13(11-15(17)18)27(24,25)20-8-2-1-3-9-20/h4-7,10-11H,1-3,8-9H2,(H,22,23). The van der Waals surface area contributed by atoms with Crippen molar-refractivity contribution in [3.8, 4) is 0 Å². The summed E-state index contributed by atoms with van der Waals surface area (Å²) in [5.41, 5.74) is 0.0218. The number of sulfonamides is 1. The van der Waals surface area contributed by atoms with Crippen LogP contribution in [0.1, 0.15) is 29.6 Å². The average Bonchev–Trinajstić information content (AvgIpc) is 2.68. The molecule has 140 valence electrons.